The Hall–Kier alpha value is -0.830. The number of aromatic nitrogens is 2. The van der Waals surface area contributed by atoms with Gasteiger partial charge in [0.15, 0.2) is 0 Å². The molecule has 0 amide bonds. The van der Waals surface area contributed by atoms with E-state index in [1.807, 2.05) is 12.5 Å². The van der Waals surface area contributed by atoms with Gasteiger partial charge in [-0.25, -0.2) is 4.98 Å². The van der Waals surface area contributed by atoms with Gasteiger partial charge in [-0.3, -0.25) is 0 Å². The summed E-state index contributed by atoms with van der Waals surface area (Å²) in [5.41, 5.74) is 1.50. The lowest BCUT2D eigenvalue weighted by Crippen LogP contribution is -2.38. The van der Waals surface area contributed by atoms with Crippen LogP contribution in [0.5, 0.6) is 0 Å². The zero-order valence-corrected chi connectivity index (χ0v) is 11.1. The minimum Gasteiger partial charge on any atom is -0.333 e. The van der Waals surface area contributed by atoms with E-state index in [1.54, 1.807) is 0 Å². The molecule has 0 aromatic carbocycles. The summed E-state index contributed by atoms with van der Waals surface area (Å²) >= 11 is 0. The van der Waals surface area contributed by atoms with Crippen LogP contribution in [0, 0.1) is 0 Å². The first-order valence-electron chi connectivity index (χ1n) is 6.33. The maximum absolute atomic E-state index is 4.21. The second-order valence-electron chi connectivity index (χ2n) is 5.07. The van der Waals surface area contributed by atoms with E-state index in [-0.39, 0.29) is 5.54 Å². The van der Waals surface area contributed by atoms with Crippen molar-refractivity contribution in [3.8, 4) is 0 Å². The average molecular weight is 223 g/mol. The molecule has 0 bridgehead atoms. The molecular weight excluding hydrogens is 198 g/mol. The minimum absolute atomic E-state index is 0.218. The molecular formula is C13H25N3. The number of rotatable bonds is 7. The highest BCUT2D eigenvalue weighted by molar-refractivity contribution is 4.99. The van der Waals surface area contributed by atoms with Crippen LogP contribution in [0.15, 0.2) is 12.5 Å². The molecule has 1 aromatic heterocycles. The molecule has 0 aliphatic rings. The lowest BCUT2D eigenvalue weighted by molar-refractivity contribution is 0.352. The van der Waals surface area contributed by atoms with Crippen LogP contribution < -0.4 is 5.32 Å². The molecule has 1 rings (SSSR count). The third-order valence-corrected chi connectivity index (χ3v) is 2.89. The van der Waals surface area contributed by atoms with E-state index in [1.165, 1.54) is 18.5 Å². The Balaban J connectivity index is 2.50. The van der Waals surface area contributed by atoms with Gasteiger partial charge in [-0.15, -0.1) is 0 Å². The molecule has 0 saturated heterocycles. The summed E-state index contributed by atoms with van der Waals surface area (Å²) in [5, 5.41) is 3.60. The van der Waals surface area contributed by atoms with Crippen LogP contribution in [0.3, 0.4) is 0 Å². The summed E-state index contributed by atoms with van der Waals surface area (Å²) in [6, 6.07) is 0. The number of aryl methyl sites for hydroxylation is 1. The van der Waals surface area contributed by atoms with Crippen LogP contribution >= 0.6 is 0 Å². The highest BCUT2D eigenvalue weighted by atomic mass is 15.1. The SMILES string of the molecule is CCCn1cncc1CNC(C)(C)CCC. The highest BCUT2D eigenvalue weighted by Crippen LogP contribution is 2.12. The lowest BCUT2D eigenvalue weighted by Gasteiger charge is -2.26. The van der Waals surface area contributed by atoms with Crippen molar-refractivity contribution in [2.24, 2.45) is 0 Å². The van der Waals surface area contributed by atoms with Crippen molar-refractivity contribution in [3.05, 3.63) is 18.2 Å². The van der Waals surface area contributed by atoms with Crippen molar-refractivity contribution in [2.75, 3.05) is 0 Å². The minimum atomic E-state index is 0.218. The Bertz CT molecular complexity index is 302. The van der Waals surface area contributed by atoms with Crippen molar-refractivity contribution in [1.29, 1.82) is 0 Å². The predicted molar refractivity (Wildman–Crippen MR) is 68.3 cm³/mol. The van der Waals surface area contributed by atoms with Gasteiger partial charge in [-0.1, -0.05) is 20.3 Å². The van der Waals surface area contributed by atoms with Gasteiger partial charge in [0.05, 0.1) is 12.0 Å². The molecule has 16 heavy (non-hydrogen) atoms. The molecule has 1 aromatic rings. The van der Waals surface area contributed by atoms with Gasteiger partial charge < -0.3 is 9.88 Å². The van der Waals surface area contributed by atoms with Gasteiger partial charge in [0.25, 0.3) is 0 Å². The van der Waals surface area contributed by atoms with E-state index in [9.17, 15) is 0 Å². The molecule has 0 atom stereocenters. The second-order valence-corrected chi connectivity index (χ2v) is 5.07. The smallest absolute Gasteiger partial charge is 0.0948 e. The third kappa shape index (κ3) is 3.97. The molecule has 0 radical (unpaired) electrons. The monoisotopic (exact) mass is 223 g/mol. The summed E-state index contributed by atoms with van der Waals surface area (Å²) in [4.78, 5) is 4.21. The highest BCUT2D eigenvalue weighted by Gasteiger charge is 2.15. The van der Waals surface area contributed by atoms with E-state index in [0.29, 0.717) is 0 Å². The zero-order chi connectivity index (χ0) is 12.0. The molecule has 0 saturated carbocycles. The molecule has 0 aliphatic carbocycles. The van der Waals surface area contributed by atoms with Gasteiger partial charge in [0.1, 0.15) is 0 Å². The lowest BCUT2D eigenvalue weighted by atomic mass is 9.99. The van der Waals surface area contributed by atoms with E-state index in [0.717, 1.165) is 19.5 Å². The molecule has 0 spiro atoms. The van der Waals surface area contributed by atoms with Crippen LogP contribution in [-0.2, 0) is 13.1 Å². The normalized spacial score (nSPS) is 12.0. The Kier molecular flexibility index (Phi) is 5.00. The Morgan fingerprint density at radius 2 is 2.06 bits per heavy atom. The van der Waals surface area contributed by atoms with Gasteiger partial charge in [0, 0.05) is 24.8 Å². The third-order valence-electron chi connectivity index (χ3n) is 2.89. The Morgan fingerprint density at radius 1 is 1.31 bits per heavy atom. The van der Waals surface area contributed by atoms with E-state index in [2.05, 4.69) is 42.6 Å². The summed E-state index contributed by atoms with van der Waals surface area (Å²) in [7, 11) is 0. The number of nitrogens with zero attached hydrogens (tertiary/aromatic N) is 2. The molecule has 0 aliphatic heterocycles. The van der Waals surface area contributed by atoms with Gasteiger partial charge in [-0.05, 0) is 26.7 Å². The number of hydrogen-bond donors (Lipinski definition) is 1. The molecule has 0 fully saturated rings. The zero-order valence-electron chi connectivity index (χ0n) is 11.1. The van der Waals surface area contributed by atoms with E-state index >= 15 is 0 Å². The fourth-order valence-corrected chi connectivity index (χ4v) is 1.98. The molecule has 92 valence electrons. The fraction of sp³-hybridized carbons (Fsp3) is 0.769. The van der Waals surface area contributed by atoms with Gasteiger partial charge in [0.2, 0.25) is 0 Å². The number of nitrogens with one attached hydrogen (secondary N) is 1. The van der Waals surface area contributed by atoms with Crippen molar-refractivity contribution in [3.63, 3.8) is 0 Å². The molecule has 1 N–H and O–H groups in total. The molecule has 3 heteroatoms. The van der Waals surface area contributed by atoms with Crippen molar-refractivity contribution < 1.29 is 0 Å². The first-order valence-corrected chi connectivity index (χ1v) is 6.33. The van der Waals surface area contributed by atoms with Crippen LogP contribution in [-0.4, -0.2) is 15.1 Å². The topological polar surface area (TPSA) is 29.9 Å². The van der Waals surface area contributed by atoms with Crippen LogP contribution in [0.4, 0.5) is 0 Å². The largest absolute Gasteiger partial charge is 0.333 e. The van der Waals surface area contributed by atoms with E-state index in [4.69, 9.17) is 0 Å². The number of hydrogen-bond acceptors (Lipinski definition) is 2. The quantitative estimate of drug-likeness (QED) is 0.770. The predicted octanol–water partition coefficient (Wildman–Crippen LogP) is 2.96. The summed E-state index contributed by atoms with van der Waals surface area (Å²) in [5.74, 6) is 0. The molecule has 0 unspecified atom stereocenters. The van der Waals surface area contributed by atoms with Crippen LogP contribution in [0.2, 0.25) is 0 Å². The van der Waals surface area contributed by atoms with Crippen molar-refractivity contribution >= 4 is 0 Å². The average Bonchev–Trinajstić information content (AvgIpc) is 2.63. The first kappa shape index (κ1) is 13.2. The van der Waals surface area contributed by atoms with E-state index < -0.39 is 0 Å². The van der Waals surface area contributed by atoms with Gasteiger partial charge >= 0.3 is 0 Å². The Morgan fingerprint density at radius 3 is 2.69 bits per heavy atom. The van der Waals surface area contributed by atoms with Crippen LogP contribution in [0.1, 0.15) is 52.7 Å². The Labute approximate surface area is 99.3 Å². The van der Waals surface area contributed by atoms with Crippen molar-refractivity contribution in [1.82, 2.24) is 14.9 Å². The first-order chi connectivity index (χ1) is 7.59. The maximum Gasteiger partial charge on any atom is 0.0948 e. The van der Waals surface area contributed by atoms with Crippen LogP contribution in [0.25, 0.3) is 0 Å². The molecule has 1 heterocycles. The molecule has 3 nitrogen and oxygen atoms in total. The summed E-state index contributed by atoms with van der Waals surface area (Å²) < 4.78 is 2.23. The maximum atomic E-state index is 4.21. The standard InChI is InChI=1S/C13H25N3/c1-5-7-13(3,4)15-10-12-9-14-11-16(12)8-6-2/h9,11,15H,5-8,10H2,1-4H3. The van der Waals surface area contributed by atoms with Gasteiger partial charge in [-0.2, -0.15) is 0 Å². The van der Waals surface area contributed by atoms with Crippen molar-refractivity contribution in [2.45, 2.75) is 65.6 Å². The summed E-state index contributed by atoms with van der Waals surface area (Å²) in [6.07, 6.45) is 7.46. The number of imidazole rings is 1. The fourth-order valence-electron chi connectivity index (χ4n) is 1.98. The summed E-state index contributed by atoms with van der Waals surface area (Å²) in [6.45, 7) is 10.9. The second kappa shape index (κ2) is 6.04.